The van der Waals surface area contributed by atoms with E-state index in [0.717, 1.165) is 40.7 Å². The average molecular weight is 547 g/mol. The maximum atomic E-state index is 13.3. The van der Waals surface area contributed by atoms with E-state index in [-0.39, 0.29) is 18.0 Å². The van der Waals surface area contributed by atoms with Crippen molar-refractivity contribution >= 4 is 34.4 Å². The molecule has 1 unspecified atom stereocenters. The van der Waals surface area contributed by atoms with Crippen molar-refractivity contribution in [3.8, 4) is 0 Å². The van der Waals surface area contributed by atoms with Gasteiger partial charge in [0.05, 0.1) is 25.4 Å². The minimum Gasteiger partial charge on any atom is -0.465 e. The summed E-state index contributed by atoms with van der Waals surface area (Å²) in [6.45, 7) is 5.67. The molecule has 7 nitrogen and oxygen atoms in total. The molecule has 1 aliphatic rings. The van der Waals surface area contributed by atoms with Crippen molar-refractivity contribution in [3.63, 3.8) is 0 Å². The van der Waals surface area contributed by atoms with Crippen LogP contribution in [0.1, 0.15) is 43.7 Å². The summed E-state index contributed by atoms with van der Waals surface area (Å²) >= 11 is 6.13. The SMILES string of the molecule is COC(=O)c1ccc(COC(CN2CCN(C(=O)c3oc4ccccc4c3C)CC2)c2ccc(Cl)cc2)cc1. The molecule has 202 valence electrons. The van der Waals surface area contributed by atoms with E-state index in [4.69, 9.17) is 25.5 Å². The lowest BCUT2D eigenvalue weighted by molar-refractivity contribution is 0.00310. The van der Waals surface area contributed by atoms with Crippen LogP contribution >= 0.6 is 11.6 Å². The first-order valence-corrected chi connectivity index (χ1v) is 13.3. The summed E-state index contributed by atoms with van der Waals surface area (Å²) in [5.41, 5.74) is 4.11. The Morgan fingerprint density at radius 2 is 1.64 bits per heavy atom. The predicted molar refractivity (Wildman–Crippen MR) is 150 cm³/mol. The second-order valence-electron chi connectivity index (χ2n) is 9.68. The van der Waals surface area contributed by atoms with E-state index < -0.39 is 0 Å². The normalized spacial score (nSPS) is 14.9. The Balaban J connectivity index is 1.22. The first-order valence-electron chi connectivity index (χ1n) is 13.0. The fourth-order valence-corrected chi connectivity index (χ4v) is 5.00. The van der Waals surface area contributed by atoms with Crippen molar-refractivity contribution in [1.82, 2.24) is 9.80 Å². The number of para-hydroxylation sites is 1. The van der Waals surface area contributed by atoms with Crippen LogP contribution in [-0.2, 0) is 16.1 Å². The monoisotopic (exact) mass is 546 g/mol. The number of fused-ring (bicyclic) bond motifs is 1. The summed E-state index contributed by atoms with van der Waals surface area (Å²) in [6, 6.07) is 22.6. The van der Waals surface area contributed by atoms with Gasteiger partial charge in [0.25, 0.3) is 5.91 Å². The van der Waals surface area contributed by atoms with E-state index in [1.165, 1.54) is 7.11 Å². The summed E-state index contributed by atoms with van der Waals surface area (Å²) < 4.78 is 17.1. The van der Waals surface area contributed by atoms with Crippen molar-refractivity contribution in [3.05, 3.63) is 106 Å². The van der Waals surface area contributed by atoms with Gasteiger partial charge in [0.15, 0.2) is 5.76 Å². The van der Waals surface area contributed by atoms with E-state index in [9.17, 15) is 9.59 Å². The zero-order valence-electron chi connectivity index (χ0n) is 22.1. The molecule has 1 atom stereocenters. The van der Waals surface area contributed by atoms with Crippen molar-refractivity contribution in [2.24, 2.45) is 0 Å². The third-order valence-electron chi connectivity index (χ3n) is 7.19. The lowest BCUT2D eigenvalue weighted by Gasteiger charge is -2.36. The number of aryl methyl sites for hydroxylation is 1. The van der Waals surface area contributed by atoms with Crippen LogP contribution in [0.3, 0.4) is 0 Å². The molecule has 1 saturated heterocycles. The third-order valence-corrected chi connectivity index (χ3v) is 7.44. The van der Waals surface area contributed by atoms with Gasteiger partial charge in [-0.15, -0.1) is 0 Å². The van der Waals surface area contributed by atoms with Crippen LogP contribution in [-0.4, -0.2) is 61.5 Å². The molecule has 1 aromatic heterocycles. The number of amides is 1. The molecule has 5 rings (SSSR count). The Kier molecular flexibility index (Phi) is 8.31. The van der Waals surface area contributed by atoms with Gasteiger partial charge in [0.2, 0.25) is 0 Å². The maximum Gasteiger partial charge on any atom is 0.337 e. The number of rotatable bonds is 8. The molecule has 0 N–H and O–H groups in total. The van der Waals surface area contributed by atoms with E-state index in [1.807, 2.05) is 72.5 Å². The van der Waals surface area contributed by atoms with Crippen LogP contribution < -0.4 is 0 Å². The molecule has 4 aromatic rings. The van der Waals surface area contributed by atoms with Crippen LogP contribution in [0.25, 0.3) is 11.0 Å². The van der Waals surface area contributed by atoms with E-state index in [0.29, 0.717) is 42.6 Å². The van der Waals surface area contributed by atoms with Gasteiger partial charge in [-0.2, -0.15) is 0 Å². The van der Waals surface area contributed by atoms with E-state index in [2.05, 4.69) is 4.90 Å². The molecule has 39 heavy (non-hydrogen) atoms. The van der Waals surface area contributed by atoms with Gasteiger partial charge in [0.1, 0.15) is 5.58 Å². The highest BCUT2D eigenvalue weighted by Gasteiger charge is 2.28. The van der Waals surface area contributed by atoms with E-state index in [1.54, 1.807) is 12.1 Å². The number of hydrogen-bond acceptors (Lipinski definition) is 6. The number of halogens is 1. The summed E-state index contributed by atoms with van der Waals surface area (Å²) in [7, 11) is 1.37. The molecule has 1 fully saturated rings. The van der Waals surface area contributed by atoms with Gasteiger partial charge in [-0.05, 0) is 48.4 Å². The first kappa shape index (κ1) is 26.9. The molecule has 2 heterocycles. The summed E-state index contributed by atoms with van der Waals surface area (Å²) in [5.74, 6) is -0.0101. The smallest absolute Gasteiger partial charge is 0.337 e. The van der Waals surface area contributed by atoms with Gasteiger partial charge in [-0.3, -0.25) is 9.69 Å². The fraction of sp³-hybridized carbons (Fsp3) is 0.290. The predicted octanol–water partition coefficient (Wildman–Crippen LogP) is 5.90. The Hall–Kier alpha value is -3.65. The van der Waals surface area contributed by atoms with E-state index >= 15 is 0 Å². The molecule has 0 spiro atoms. The highest BCUT2D eigenvalue weighted by molar-refractivity contribution is 6.30. The van der Waals surface area contributed by atoms with Crippen LogP contribution in [0.5, 0.6) is 0 Å². The largest absolute Gasteiger partial charge is 0.465 e. The number of esters is 1. The Bertz CT molecular complexity index is 1440. The minimum atomic E-state index is -0.366. The standard InChI is InChI=1S/C31H31ClN2O5/c1-21-26-5-3-4-6-27(26)39-29(21)30(35)34-17-15-33(16-18-34)19-28(23-11-13-25(32)14-12-23)38-20-22-7-9-24(10-8-22)31(36)37-2/h3-14,28H,15-20H2,1-2H3. The maximum absolute atomic E-state index is 13.3. The number of hydrogen-bond donors (Lipinski definition) is 0. The van der Waals surface area contributed by atoms with Gasteiger partial charge in [0, 0.05) is 48.7 Å². The lowest BCUT2D eigenvalue weighted by atomic mass is 10.1. The molecule has 1 amide bonds. The van der Waals surface area contributed by atoms with Gasteiger partial charge >= 0.3 is 5.97 Å². The molecular formula is C31H31ClN2O5. The number of carbonyl (C=O) groups is 2. The van der Waals surface area contributed by atoms with Crippen LogP contribution in [0, 0.1) is 6.92 Å². The number of furan rings is 1. The molecule has 0 saturated carbocycles. The van der Waals surface area contributed by atoms with Crippen LogP contribution in [0.2, 0.25) is 5.02 Å². The molecular weight excluding hydrogens is 516 g/mol. The van der Waals surface area contributed by atoms with Gasteiger partial charge in [-0.25, -0.2) is 4.79 Å². The quantitative estimate of drug-likeness (QED) is 0.256. The minimum absolute atomic E-state index is 0.0655. The van der Waals surface area contributed by atoms with Crippen molar-refractivity contribution in [2.45, 2.75) is 19.6 Å². The highest BCUT2D eigenvalue weighted by atomic mass is 35.5. The Labute approximate surface area is 232 Å². The topological polar surface area (TPSA) is 72.2 Å². The fourth-order valence-electron chi connectivity index (χ4n) is 4.87. The summed E-state index contributed by atoms with van der Waals surface area (Å²) in [5, 5.41) is 1.64. The van der Waals surface area contributed by atoms with Crippen molar-refractivity contribution in [2.75, 3.05) is 39.8 Å². The third kappa shape index (κ3) is 6.17. The molecule has 8 heteroatoms. The number of nitrogens with zero attached hydrogens (tertiary/aromatic N) is 2. The highest BCUT2D eigenvalue weighted by Crippen LogP contribution is 2.27. The van der Waals surface area contributed by atoms with Gasteiger partial charge < -0.3 is 18.8 Å². The number of methoxy groups -OCH3 is 1. The van der Waals surface area contributed by atoms with Crippen LogP contribution in [0.4, 0.5) is 0 Å². The molecule has 1 aliphatic heterocycles. The Morgan fingerprint density at radius 3 is 2.31 bits per heavy atom. The number of benzene rings is 3. The van der Waals surface area contributed by atoms with Crippen LogP contribution in [0.15, 0.2) is 77.2 Å². The zero-order chi connectivity index (χ0) is 27.4. The molecule has 0 radical (unpaired) electrons. The number of piperazine rings is 1. The molecule has 0 bridgehead atoms. The Morgan fingerprint density at radius 1 is 0.949 bits per heavy atom. The number of carbonyl (C=O) groups excluding carboxylic acids is 2. The first-order chi connectivity index (χ1) is 18.9. The van der Waals surface area contributed by atoms with Gasteiger partial charge in [-0.1, -0.05) is 54.1 Å². The summed E-state index contributed by atoms with van der Waals surface area (Å²) in [4.78, 5) is 29.2. The van der Waals surface area contributed by atoms with Crippen molar-refractivity contribution in [1.29, 1.82) is 0 Å². The second kappa shape index (κ2) is 12.0. The number of ether oxygens (including phenoxy) is 2. The summed E-state index contributed by atoms with van der Waals surface area (Å²) in [6.07, 6.45) is -0.192. The molecule has 0 aliphatic carbocycles. The molecule has 3 aromatic carbocycles. The second-order valence-corrected chi connectivity index (χ2v) is 10.1. The van der Waals surface area contributed by atoms with Crippen molar-refractivity contribution < 1.29 is 23.5 Å². The average Bonchev–Trinajstić information content (AvgIpc) is 3.32. The lowest BCUT2D eigenvalue weighted by Crippen LogP contribution is -2.49. The zero-order valence-corrected chi connectivity index (χ0v) is 22.8.